The number of hydrogen-bond donors (Lipinski definition) is 0. The molecule has 0 aromatic carbocycles. The second kappa shape index (κ2) is 5.30. The van der Waals surface area contributed by atoms with E-state index in [-0.39, 0.29) is 0 Å². The second-order valence-electron chi connectivity index (χ2n) is 3.95. The number of thiophene rings is 1. The molecule has 2 rings (SSSR count). The molecule has 84 valence electrons. The van der Waals surface area contributed by atoms with Gasteiger partial charge in [-0.05, 0) is 47.7 Å². The average molecular weight is 354 g/mol. The van der Waals surface area contributed by atoms with Crippen molar-refractivity contribution in [3.05, 3.63) is 20.3 Å². The van der Waals surface area contributed by atoms with Gasteiger partial charge < -0.3 is 4.74 Å². The number of halogens is 2. The number of aryl methyl sites for hydroxylation is 1. The van der Waals surface area contributed by atoms with E-state index in [4.69, 9.17) is 4.74 Å². The summed E-state index contributed by atoms with van der Waals surface area (Å²) in [4.78, 5) is 3.20. The Morgan fingerprint density at radius 1 is 1.60 bits per heavy atom. The van der Waals surface area contributed by atoms with Gasteiger partial charge in [0.15, 0.2) is 0 Å². The number of hydrogen-bond acceptors (Lipinski definition) is 2. The summed E-state index contributed by atoms with van der Waals surface area (Å²) in [5.41, 5.74) is 0. The van der Waals surface area contributed by atoms with Gasteiger partial charge in [0.25, 0.3) is 0 Å². The summed E-state index contributed by atoms with van der Waals surface area (Å²) < 4.78 is 6.76. The fraction of sp³-hybridized carbons (Fsp3) is 0.636. The average Bonchev–Trinajstić information content (AvgIpc) is 2.58. The lowest BCUT2D eigenvalue weighted by Crippen LogP contribution is -2.20. The van der Waals surface area contributed by atoms with E-state index in [2.05, 4.69) is 44.8 Å². The van der Waals surface area contributed by atoms with Gasteiger partial charge in [-0.2, -0.15) is 0 Å². The van der Waals surface area contributed by atoms with Crippen LogP contribution in [0.15, 0.2) is 10.5 Å². The summed E-state index contributed by atoms with van der Waals surface area (Å²) in [5, 5.41) is 0. The number of ether oxygens (including phenoxy) is 1. The zero-order valence-corrected chi connectivity index (χ0v) is 12.6. The van der Waals surface area contributed by atoms with Crippen LogP contribution in [0.1, 0.15) is 27.4 Å². The molecule has 2 atom stereocenters. The van der Waals surface area contributed by atoms with Crippen LogP contribution in [-0.4, -0.2) is 13.2 Å². The Morgan fingerprint density at radius 3 is 2.93 bits per heavy atom. The predicted molar refractivity (Wildman–Crippen MR) is 72.0 cm³/mol. The first-order valence-corrected chi connectivity index (χ1v) is 7.68. The minimum Gasteiger partial charge on any atom is -0.381 e. The molecule has 1 aromatic rings. The Labute approximate surface area is 111 Å². The second-order valence-corrected chi connectivity index (χ2v) is 7.08. The van der Waals surface area contributed by atoms with E-state index in [9.17, 15) is 0 Å². The summed E-state index contributed by atoms with van der Waals surface area (Å²) in [5.74, 6) is 0.619. The lowest BCUT2D eigenvalue weighted by molar-refractivity contribution is 0.0548. The molecule has 1 aromatic heterocycles. The number of alkyl halides is 1. The highest BCUT2D eigenvalue weighted by Gasteiger charge is 2.26. The predicted octanol–water partition coefficient (Wildman–Crippen LogP) is 4.68. The molecular formula is C11H14Br2OS. The van der Waals surface area contributed by atoms with Crippen molar-refractivity contribution in [2.45, 2.75) is 24.6 Å². The fourth-order valence-corrected chi connectivity index (χ4v) is 5.12. The molecule has 0 saturated carbocycles. The molecule has 2 unspecified atom stereocenters. The Hall–Kier alpha value is 0.620. The topological polar surface area (TPSA) is 9.23 Å². The van der Waals surface area contributed by atoms with Crippen LogP contribution in [0, 0.1) is 12.8 Å². The third-order valence-corrected chi connectivity index (χ3v) is 6.26. The van der Waals surface area contributed by atoms with Crippen LogP contribution in [0.3, 0.4) is 0 Å². The SMILES string of the molecule is Cc1cc(Br)c(C(Br)C2CCCOC2)s1. The van der Waals surface area contributed by atoms with E-state index in [0.29, 0.717) is 10.7 Å². The first-order chi connectivity index (χ1) is 7.18. The molecule has 1 fully saturated rings. The lowest BCUT2D eigenvalue weighted by Gasteiger charge is -2.26. The van der Waals surface area contributed by atoms with Crippen molar-refractivity contribution in [3.63, 3.8) is 0 Å². The Bertz CT molecular complexity index is 331. The zero-order valence-electron chi connectivity index (χ0n) is 8.63. The van der Waals surface area contributed by atoms with E-state index in [0.717, 1.165) is 13.2 Å². The highest BCUT2D eigenvalue weighted by molar-refractivity contribution is 9.11. The van der Waals surface area contributed by atoms with Crippen molar-refractivity contribution in [1.29, 1.82) is 0 Å². The van der Waals surface area contributed by atoms with Crippen LogP contribution >= 0.6 is 43.2 Å². The van der Waals surface area contributed by atoms with Gasteiger partial charge in [-0.15, -0.1) is 11.3 Å². The van der Waals surface area contributed by atoms with E-state index in [1.54, 1.807) is 0 Å². The van der Waals surface area contributed by atoms with Crippen LogP contribution < -0.4 is 0 Å². The third kappa shape index (κ3) is 2.84. The Kier molecular flexibility index (Phi) is 4.27. The smallest absolute Gasteiger partial charge is 0.0550 e. The maximum atomic E-state index is 5.53. The summed E-state index contributed by atoms with van der Waals surface area (Å²) in [6.07, 6.45) is 2.45. The van der Waals surface area contributed by atoms with Gasteiger partial charge in [0.2, 0.25) is 0 Å². The first kappa shape index (κ1) is 12.1. The van der Waals surface area contributed by atoms with Crippen LogP contribution in [0.4, 0.5) is 0 Å². The van der Waals surface area contributed by atoms with E-state index in [1.807, 2.05) is 11.3 Å². The molecule has 15 heavy (non-hydrogen) atoms. The van der Waals surface area contributed by atoms with Gasteiger partial charge in [0.05, 0.1) is 11.4 Å². The van der Waals surface area contributed by atoms with Gasteiger partial charge in [0, 0.05) is 20.8 Å². The molecule has 4 heteroatoms. The quantitative estimate of drug-likeness (QED) is 0.701. The molecule has 2 heterocycles. The van der Waals surface area contributed by atoms with Gasteiger partial charge >= 0.3 is 0 Å². The molecular weight excluding hydrogens is 340 g/mol. The molecule has 1 nitrogen and oxygen atoms in total. The molecule has 0 radical (unpaired) electrons. The van der Waals surface area contributed by atoms with Gasteiger partial charge in [-0.3, -0.25) is 0 Å². The molecule has 0 spiro atoms. The molecule has 1 saturated heterocycles. The van der Waals surface area contributed by atoms with Gasteiger partial charge in [0.1, 0.15) is 0 Å². The van der Waals surface area contributed by atoms with Crippen molar-refractivity contribution in [3.8, 4) is 0 Å². The van der Waals surface area contributed by atoms with Crippen molar-refractivity contribution < 1.29 is 4.74 Å². The zero-order chi connectivity index (χ0) is 10.8. The molecule has 1 aliphatic heterocycles. The standard InChI is InChI=1S/C11H14Br2OS/c1-7-5-9(12)11(15-7)10(13)8-3-2-4-14-6-8/h5,8,10H,2-4,6H2,1H3. The molecule has 0 aliphatic carbocycles. The summed E-state index contributed by atoms with van der Waals surface area (Å²) in [6, 6.07) is 2.19. The fourth-order valence-electron chi connectivity index (χ4n) is 1.90. The maximum absolute atomic E-state index is 5.53. The van der Waals surface area contributed by atoms with Crippen LogP contribution in [0.2, 0.25) is 0 Å². The maximum Gasteiger partial charge on any atom is 0.0550 e. The van der Waals surface area contributed by atoms with Crippen LogP contribution in [0.25, 0.3) is 0 Å². The van der Waals surface area contributed by atoms with Crippen LogP contribution in [0.5, 0.6) is 0 Å². The monoisotopic (exact) mass is 352 g/mol. The summed E-state index contributed by atoms with van der Waals surface area (Å²) >= 11 is 9.30. The van der Waals surface area contributed by atoms with Gasteiger partial charge in [-0.1, -0.05) is 15.9 Å². The largest absolute Gasteiger partial charge is 0.381 e. The third-order valence-electron chi connectivity index (χ3n) is 2.70. The summed E-state index contributed by atoms with van der Waals surface area (Å²) in [6.45, 7) is 3.97. The first-order valence-electron chi connectivity index (χ1n) is 5.16. The van der Waals surface area contributed by atoms with E-state index >= 15 is 0 Å². The minimum absolute atomic E-state index is 0.436. The normalized spacial score (nSPS) is 24.1. The molecule has 0 bridgehead atoms. The lowest BCUT2D eigenvalue weighted by atomic mass is 9.98. The van der Waals surface area contributed by atoms with Crippen molar-refractivity contribution in [2.75, 3.05) is 13.2 Å². The molecule has 0 N–H and O–H groups in total. The van der Waals surface area contributed by atoms with Crippen molar-refractivity contribution in [2.24, 2.45) is 5.92 Å². The van der Waals surface area contributed by atoms with E-state index < -0.39 is 0 Å². The summed E-state index contributed by atoms with van der Waals surface area (Å²) in [7, 11) is 0. The van der Waals surface area contributed by atoms with Crippen molar-refractivity contribution >= 4 is 43.2 Å². The van der Waals surface area contributed by atoms with E-state index in [1.165, 1.54) is 27.1 Å². The highest BCUT2D eigenvalue weighted by atomic mass is 79.9. The van der Waals surface area contributed by atoms with Gasteiger partial charge in [-0.25, -0.2) is 0 Å². The minimum atomic E-state index is 0.436. The van der Waals surface area contributed by atoms with Crippen molar-refractivity contribution in [1.82, 2.24) is 0 Å². The molecule has 0 amide bonds. The number of rotatable bonds is 2. The van der Waals surface area contributed by atoms with Crippen LogP contribution in [-0.2, 0) is 4.74 Å². The highest BCUT2D eigenvalue weighted by Crippen LogP contribution is 2.43. The Balaban J connectivity index is 2.12. The Morgan fingerprint density at radius 2 is 2.40 bits per heavy atom. The molecule has 1 aliphatic rings.